The molecule has 1 fully saturated rings. The Kier molecular flexibility index (Phi) is 4.15. The highest BCUT2D eigenvalue weighted by atomic mass is 16.6. The summed E-state index contributed by atoms with van der Waals surface area (Å²) in [4.78, 5) is 24.5. The van der Waals surface area contributed by atoms with Crippen LogP contribution in [-0.2, 0) is 14.3 Å². The standard InChI is InChI=1S/C12H19NO4/c1-12(2,3)17-11(15)13-7-5-6-9(13)8-10(14)16-4/h8H,5-7H2,1-4H3/b9-8-. The number of carbonyl (C=O) groups is 2. The zero-order chi connectivity index (χ0) is 13.1. The molecule has 0 bridgehead atoms. The fourth-order valence-electron chi connectivity index (χ4n) is 1.57. The van der Waals surface area contributed by atoms with E-state index in [2.05, 4.69) is 4.74 Å². The summed E-state index contributed by atoms with van der Waals surface area (Å²) in [6, 6.07) is 0. The molecule has 0 N–H and O–H groups in total. The Labute approximate surface area is 101 Å². The van der Waals surface area contributed by atoms with Crippen LogP contribution in [0.5, 0.6) is 0 Å². The summed E-state index contributed by atoms with van der Waals surface area (Å²) in [5.41, 5.74) is 0.127. The number of esters is 1. The van der Waals surface area contributed by atoms with E-state index in [0.29, 0.717) is 18.7 Å². The predicted molar refractivity (Wildman–Crippen MR) is 62.3 cm³/mol. The molecular weight excluding hydrogens is 222 g/mol. The second kappa shape index (κ2) is 5.21. The second-order valence-electron chi connectivity index (χ2n) is 4.89. The number of rotatable bonds is 1. The Hall–Kier alpha value is -1.52. The number of amides is 1. The van der Waals surface area contributed by atoms with Gasteiger partial charge >= 0.3 is 12.1 Å². The lowest BCUT2D eigenvalue weighted by atomic mass is 10.2. The van der Waals surface area contributed by atoms with Gasteiger partial charge in [-0.15, -0.1) is 0 Å². The topological polar surface area (TPSA) is 55.8 Å². The van der Waals surface area contributed by atoms with Gasteiger partial charge in [0.2, 0.25) is 0 Å². The molecule has 0 aromatic heterocycles. The first-order valence-electron chi connectivity index (χ1n) is 5.62. The minimum absolute atomic E-state index is 0.412. The van der Waals surface area contributed by atoms with Gasteiger partial charge < -0.3 is 9.47 Å². The average molecular weight is 241 g/mol. The monoisotopic (exact) mass is 241 g/mol. The van der Waals surface area contributed by atoms with Gasteiger partial charge in [0.1, 0.15) is 5.60 Å². The van der Waals surface area contributed by atoms with Crippen molar-refractivity contribution in [1.82, 2.24) is 4.90 Å². The van der Waals surface area contributed by atoms with E-state index in [-0.39, 0.29) is 0 Å². The van der Waals surface area contributed by atoms with E-state index >= 15 is 0 Å². The Morgan fingerprint density at radius 1 is 1.35 bits per heavy atom. The number of nitrogens with zero attached hydrogens (tertiary/aromatic N) is 1. The molecule has 0 unspecified atom stereocenters. The first kappa shape index (κ1) is 13.5. The summed E-state index contributed by atoms with van der Waals surface area (Å²) in [6.45, 7) is 6.01. The molecule has 1 rings (SSSR count). The number of methoxy groups -OCH3 is 1. The highest BCUT2D eigenvalue weighted by Crippen LogP contribution is 2.23. The summed E-state index contributed by atoms with van der Waals surface area (Å²) in [7, 11) is 1.31. The molecule has 17 heavy (non-hydrogen) atoms. The van der Waals surface area contributed by atoms with Crippen molar-refractivity contribution >= 4 is 12.1 Å². The number of carbonyl (C=O) groups excluding carboxylic acids is 2. The van der Waals surface area contributed by atoms with E-state index in [1.807, 2.05) is 20.8 Å². The predicted octanol–water partition coefficient (Wildman–Crippen LogP) is 2.07. The second-order valence-corrected chi connectivity index (χ2v) is 4.89. The molecule has 5 nitrogen and oxygen atoms in total. The van der Waals surface area contributed by atoms with Gasteiger partial charge in [-0.1, -0.05) is 0 Å². The molecule has 1 heterocycles. The van der Waals surface area contributed by atoms with Crippen LogP contribution in [0.4, 0.5) is 4.79 Å². The van der Waals surface area contributed by atoms with Crippen LogP contribution >= 0.6 is 0 Å². The van der Waals surface area contributed by atoms with Crippen molar-refractivity contribution < 1.29 is 19.1 Å². The molecule has 0 saturated carbocycles. The number of likely N-dealkylation sites (tertiary alicyclic amines) is 1. The summed E-state index contributed by atoms with van der Waals surface area (Å²) in [6.07, 6.45) is 2.46. The van der Waals surface area contributed by atoms with E-state index in [4.69, 9.17) is 4.74 Å². The lowest BCUT2D eigenvalue weighted by Gasteiger charge is -2.25. The van der Waals surface area contributed by atoms with Crippen LogP contribution in [0.2, 0.25) is 0 Å². The molecule has 1 aliphatic rings. The van der Waals surface area contributed by atoms with Crippen molar-refractivity contribution in [3.8, 4) is 0 Å². The molecule has 5 heteroatoms. The molecule has 96 valence electrons. The number of ether oxygens (including phenoxy) is 2. The van der Waals surface area contributed by atoms with E-state index in [1.54, 1.807) is 0 Å². The van der Waals surface area contributed by atoms with Gasteiger partial charge in [0.05, 0.1) is 7.11 Å². The smallest absolute Gasteiger partial charge is 0.414 e. The van der Waals surface area contributed by atoms with Crippen LogP contribution < -0.4 is 0 Å². The van der Waals surface area contributed by atoms with Crippen LogP contribution in [0.25, 0.3) is 0 Å². The van der Waals surface area contributed by atoms with Crippen molar-refractivity contribution in [2.24, 2.45) is 0 Å². The van der Waals surface area contributed by atoms with Gasteiger partial charge in [-0.25, -0.2) is 9.59 Å². The van der Waals surface area contributed by atoms with E-state index in [9.17, 15) is 9.59 Å². The molecule has 0 aromatic rings. The lowest BCUT2D eigenvalue weighted by Crippen LogP contribution is -2.34. The third-order valence-corrected chi connectivity index (χ3v) is 2.26. The maximum absolute atomic E-state index is 11.9. The van der Waals surface area contributed by atoms with Gasteiger partial charge in [-0.3, -0.25) is 4.90 Å². The summed E-state index contributed by atoms with van der Waals surface area (Å²) in [5, 5.41) is 0. The van der Waals surface area contributed by atoms with Gasteiger partial charge in [-0.05, 0) is 33.6 Å². The highest BCUT2D eigenvalue weighted by molar-refractivity contribution is 5.84. The van der Waals surface area contributed by atoms with E-state index in [0.717, 1.165) is 6.42 Å². The van der Waals surface area contributed by atoms with E-state index in [1.165, 1.54) is 18.1 Å². The van der Waals surface area contributed by atoms with Gasteiger partial charge in [0.25, 0.3) is 0 Å². The average Bonchev–Trinajstić information content (AvgIpc) is 2.63. The molecule has 1 amide bonds. The molecular formula is C12H19NO4. The molecule has 0 radical (unpaired) electrons. The third-order valence-electron chi connectivity index (χ3n) is 2.26. The fraction of sp³-hybridized carbons (Fsp3) is 0.667. The van der Waals surface area contributed by atoms with Gasteiger partial charge in [0.15, 0.2) is 0 Å². The van der Waals surface area contributed by atoms with Crippen LogP contribution in [-0.4, -0.2) is 36.2 Å². The number of hydrogen-bond donors (Lipinski definition) is 0. The Bertz CT molecular complexity index is 341. The third kappa shape index (κ3) is 4.09. The SMILES string of the molecule is COC(=O)/C=C1/CCCN1C(=O)OC(C)(C)C. The first-order valence-corrected chi connectivity index (χ1v) is 5.62. The fourth-order valence-corrected chi connectivity index (χ4v) is 1.57. The number of allylic oxidation sites excluding steroid dienone is 1. The molecule has 0 atom stereocenters. The largest absolute Gasteiger partial charge is 0.466 e. The Morgan fingerprint density at radius 2 is 2.00 bits per heavy atom. The van der Waals surface area contributed by atoms with E-state index < -0.39 is 17.7 Å². The van der Waals surface area contributed by atoms with Crippen molar-refractivity contribution in [3.63, 3.8) is 0 Å². The van der Waals surface area contributed by atoms with Crippen molar-refractivity contribution in [3.05, 3.63) is 11.8 Å². The Morgan fingerprint density at radius 3 is 2.53 bits per heavy atom. The molecule has 0 aliphatic carbocycles. The summed E-state index contributed by atoms with van der Waals surface area (Å²) in [5.74, 6) is -0.449. The lowest BCUT2D eigenvalue weighted by molar-refractivity contribution is -0.134. The maximum atomic E-state index is 11.9. The maximum Gasteiger partial charge on any atom is 0.414 e. The highest BCUT2D eigenvalue weighted by Gasteiger charge is 2.28. The quantitative estimate of drug-likeness (QED) is 0.521. The first-order chi connectivity index (χ1) is 7.83. The normalized spacial score (nSPS) is 18.4. The molecule has 0 spiro atoms. The van der Waals surface area contributed by atoms with Crippen LogP contribution in [0.3, 0.4) is 0 Å². The van der Waals surface area contributed by atoms with Crippen molar-refractivity contribution in [1.29, 1.82) is 0 Å². The Balaban J connectivity index is 2.73. The zero-order valence-electron chi connectivity index (χ0n) is 10.8. The van der Waals surface area contributed by atoms with Crippen LogP contribution in [0.1, 0.15) is 33.6 Å². The van der Waals surface area contributed by atoms with Crippen LogP contribution in [0, 0.1) is 0 Å². The zero-order valence-corrected chi connectivity index (χ0v) is 10.8. The van der Waals surface area contributed by atoms with Crippen molar-refractivity contribution in [2.45, 2.75) is 39.2 Å². The van der Waals surface area contributed by atoms with Crippen LogP contribution in [0.15, 0.2) is 11.8 Å². The molecule has 0 aromatic carbocycles. The summed E-state index contributed by atoms with van der Waals surface area (Å²) >= 11 is 0. The summed E-state index contributed by atoms with van der Waals surface area (Å²) < 4.78 is 9.81. The number of hydrogen-bond acceptors (Lipinski definition) is 4. The van der Waals surface area contributed by atoms with Crippen molar-refractivity contribution in [2.75, 3.05) is 13.7 Å². The van der Waals surface area contributed by atoms with Gasteiger partial charge in [0, 0.05) is 18.3 Å². The van der Waals surface area contributed by atoms with Gasteiger partial charge in [-0.2, -0.15) is 0 Å². The minimum atomic E-state index is -0.532. The molecule has 1 saturated heterocycles. The minimum Gasteiger partial charge on any atom is -0.466 e. The molecule has 1 aliphatic heterocycles.